The van der Waals surface area contributed by atoms with Crippen LogP contribution in [0.4, 0.5) is 5.69 Å². The third kappa shape index (κ3) is 4.85. The summed E-state index contributed by atoms with van der Waals surface area (Å²) >= 11 is 0. The topological polar surface area (TPSA) is 20.3 Å². The fourth-order valence-corrected chi connectivity index (χ4v) is 10.1. The van der Waals surface area contributed by atoms with Crippen LogP contribution in [0, 0.1) is 46.3 Å². The van der Waals surface area contributed by atoms with Gasteiger partial charge in [0.2, 0.25) is 5.91 Å². The normalized spacial score (nSPS) is 37.8. The molecule has 37 heavy (non-hydrogen) atoms. The third-order valence-corrected chi connectivity index (χ3v) is 12.0. The van der Waals surface area contributed by atoms with E-state index in [2.05, 4.69) is 69.9 Å². The van der Waals surface area contributed by atoms with Crippen LogP contribution in [0.3, 0.4) is 0 Å². The Morgan fingerprint density at radius 1 is 0.973 bits per heavy atom. The van der Waals surface area contributed by atoms with Gasteiger partial charge in [0.25, 0.3) is 0 Å². The summed E-state index contributed by atoms with van der Waals surface area (Å²) in [5.74, 6) is 5.44. The summed E-state index contributed by atoms with van der Waals surface area (Å²) < 4.78 is 0. The minimum absolute atomic E-state index is 0.182. The predicted octanol–water partition coefficient (Wildman–Crippen LogP) is 9.45. The van der Waals surface area contributed by atoms with Crippen molar-refractivity contribution in [1.29, 1.82) is 0 Å². The van der Waals surface area contributed by atoms with Crippen LogP contribution in [0.2, 0.25) is 0 Å². The number of amides is 1. The van der Waals surface area contributed by atoms with Gasteiger partial charge in [-0.05, 0) is 110 Å². The van der Waals surface area contributed by atoms with Gasteiger partial charge in [-0.25, -0.2) is 0 Å². The molecule has 3 fully saturated rings. The molecule has 2 heteroatoms. The van der Waals surface area contributed by atoms with Crippen LogP contribution in [0.15, 0.2) is 42.0 Å². The zero-order valence-electron chi connectivity index (χ0n) is 24.6. The lowest BCUT2D eigenvalue weighted by Gasteiger charge is -2.59. The molecule has 5 rings (SSSR count). The maximum Gasteiger partial charge on any atom is 0.224 e. The molecule has 1 amide bonds. The third-order valence-electron chi connectivity index (χ3n) is 12.0. The number of rotatable bonds is 7. The van der Waals surface area contributed by atoms with E-state index in [-0.39, 0.29) is 5.91 Å². The molecular formula is C35H53NO. The largest absolute Gasteiger partial charge is 0.309 e. The molecule has 0 spiro atoms. The van der Waals surface area contributed by atoms with Gasteiger partial charge >= 0.3 is 0 Å². The molecular weight excluding hydrogens is 450 g/mol. The van der Waals surface area contributed by atoms with E-state index in [9.17, 15) is 4.79 Å². The quantitative estimate of drug-likeness (QED) is 0.339. The Balaban J connectivity index is 1.32. The van der Waals surface area contributed by atoms with E-state index in [0.29, 0.717) is 16.9 Å². The number of allylic oxidation sites excluding steroid dienone is 1. The zero-order chi connectivity index (χ0) is 26.4. The molecule has 4 aliphatic carbocycles. The summed E-state index contributed by atoms with van der Waals surface area (Å²) in [4.78, 5) is 14.9. The van der Waals surface area contributed by atoms with Gasteiger partial charge < -0.3 is 4.90 Å². The van der Waals surface area contributed by atoms with E-state index in [1.807, 2.05) is 6.07 Å². The highest BCUT2D eigenvalue weighted by Gasteiger charge is 2.59. The SMILES string of the molecule is CC(=O)N(c1ccccc1)[C@@H]1CC[C@@]2(C)C(=CCC3C2CC[C@@]2(C)C3CC[C@@H]2[C@H](C)CCCC(C)C)C1. The van der Waals surface area contributed by atoms with Gasteiger partial charge in [0.05, 0.1) is 0 Å². The van der Waals surface area contributed by atoms with Crippen molar-refractivity contribution in [2.75, 3.05) is 4.90 Å². The summed E-state index contributed by atoms with van der Waals surface area (Å²) in [7, 11) is 0. The number of benzene rings is 1. The zero-order valence-corrected chi connectivity index (χ0v) is 24.6. The average molecular weight is 504 g/mol. The van der Waals surface area contributed by atoms with Crippen LogP contribution in [0.1, 0.15) is 112 Å². The Morgan fingerprint density at radius 2 is 1.73 bits per heavy atom. The maximum atomic E-state index is 12.8. The fraction of sp³-hybridized carbons (Fsp3) is 0.743. The Morgan fingerprint density at radius 3 is 2.43 bits per heavy atom. The summed E-state index contributed by atoms with van der Waals surface area (Å²) in [6, 6.07) is 10.7. The molecule has 4 aliphatic rings. The van der Waals surface area contributed by atoms with E-state index in [1.54, 1.807) is 12.5 Å². The molecule has 0 saturated heterocycles. The van der Waals surface area contributed by atoms with Crippen LogP contribution in [0.25, 0.3) is 0 Å². The summed E-state index contributed by atoms with van der Waals surface area (Å²) in [6.45, 7) is 14.4. The van der Waals surface area contributed by atoms with Crippen LogP contribution >= 0.6 is 0 Å². The highest BCUT2D eigenvalue weighted by atomic mass is 16.2. The second-order valence-corrected chi connectivity index (χ2v) is 14.4. The van der Waals surface area contributed by atoms with Crippen molar-refractivity contribution in [3.63, 3.8) is 0 Å². The van der Waals surface area contributed by atoms with Crippen LogP contribution in [-0.4, -0.2) is 11.9 Å². The monoisotopic (exact) mass is 503 g/mol. The Hall–Kier alpha value is -1.57. The Kier molecular flexibility index (Phi) is 7.69. The first-order chi connectivity index (χ1) is 17.6. The molecule has 0 aromatic heterocycles. The van der Waals surface area contributed by atoms with Crippen LogP contribution in [-0.2, 0) is 4.79 Å². The molecule has 0 radical (unpaired) electrons. The van der Waals surface area contributed by atoms with Crippen molar-refractivity contribution in [2.24, 2.45) is 46.3 Å². The minimum Gasteiger partial charge on any atom is -0.309 e. The number of nitrogens with zero attached hydrogens (tertiary/aromatic N) is 1. The molecule has 3 saturated carbocycles. The first-order valence-electron chi connectivity index (χ1n) is 15.7. The molecule has 204 valence electrons. The van der Waals surface area contributed by atoms with Crippen molar-refractivity contribution in [3.8, 4) is 0 Å². The number of hydrogen-bond acceptors (Lipinski definition) is 1. The van der Waals surface area contributed by atoms with E-state index in [1.165, 1.54) is 57.8 Å². The molecule has 0 aliphatic heterocycles. The number of para-hydroxylation sites is 1. The molecule has 1 aromatic rings. The molecule has 1 aromatic carbocycles. The number of hydrogen-bond donors (Lipinski definition) is 0. The van der Waals surface area contributed by atoms with E-state index in [4.69, 9.17) is 0 Å². The molecule has 0 N–H and O–H groups in total. The lowest BCUT2D eigenvalue weighted by Crippen LogP contribution is -2.52. The fourth-order valence-electron chi connectivity index (χ4n) is 10.1. The van der Waals surface area contributed by atoms with Gasteiger partial charge in [-0.2, -0.15) is 0 Å². The van der Waals surface area contributed by atoms with Gasteiger partial charge in [0.15, 0.2) is 0 Å². The van der Waals surface area contributed by atoms with Gasteiger partial charge in [0.1, 0.15) is 0 Å². The van der Waals surface area contributed by atoms with E-state index in [0.717, 1.165) is 54.0 Å². The Labute approximate surface area is 227 Å². The second-order valence-electron chi connectivity index (χ2n) is 14.4. The number of anilines is 1. The summed E-state index contributed by atoms with van der Waals surface area (Å²) in [6.07, 6.45) is 17.4. The molecule has 2 nitrogen and oxygen atoms in total. The first kappa shape index (κ1) is 27.0. The van der Waals surface area contributed by atoms with Crippen molar-refractivity contribution < 1.29 is 4.79 Å². The van der Waals surface area contributed by atoms with Gasteiger partial charge in [-0.3, -0.25) is 4.79 Å². The number of fused-ring (bicyclic) bond motifs is 5. The number of carbonyl (C=O) groups is 1. The average Bonchev–Trinajstić information content (AvgIpc) is 3.22. The molecule has 8 atom stereocenters. The van der Waals surface area contributed by atoms with Gasteiger partial charge in [-0.15, -0.1) is 0 Å². The standard InChI is InChI=1S/C35H53NO/c1-24(2)11-10-12-25(3)31-17-18-32-30-16-15-27-23-29(36(26(4)37)28-13-8-7-9-14-28)19-21-34(27,5)33(30)20-22-35(31,32)6/h7-9,13-15,24-25,29-33H,10-12,16-23H2,1-6H3/t25-,29-,30?,31-,32?,33?,34+,35-/m1/s1. The second kappa shape index (κ2) is 10.5. The van der Waals surface area contributed by atoms with Crippen molar-refractivity contribution >= 4 is 11.6 Å². The molecule has 0 bridgehead atoms. The van der Waals surface area contributed by atoms with Crippen molar-refractivity contribution in [3.05, 3.63) is 42.0 Å². The lowest BCUT2D eigenvalue weighted by atomic mass is 9.46. The van der Waals surface area contributed by atoms with E-state index >= 15 is 0 Å². The highest BCUT2D eigenvalue weighted by molar-refractivity contribution is 5.92. The van der Waals surface area contributed by atoms with Crippen LogP contribution < -0.4 is 4.90 Å². The summed E-state index contributed by atoms with van der Waals surface area (Å²) in [5.41, 5.74) is 3.62. The first-order valence-corrected chi connectivity index (χ1v) is 15.7. The summed E-state index contributed by atoms with van der Waals surface area (Å²) in [5, 5.41) is 0. The Bertz CT molecular complexity index is 980. The van der Waals surface area contributed by atoms with Crippen molar-refractivity contribution in [1.82, 2.24) is 0 Å². The van der Waals surface area contributed by atoms with Crippen LogP contribution in [0.5, 0.6) is 0 Å². The highest BCUT2D eigenvalue weighted by Crippen LogP contribution is 2.67. The van der Waals surface area contributed by atoms with Gasteiger partial charge in [-0.1, -0.05) is 83.7 Å². The predicted molar refractivity (Wildman–Crippen MR) is 156 cm³/mol. The van der Waals surface area contributed by atoms with Gasteiger partial charge in [0, 0.05) is 18.7 Å². The smallest absolute Gasteiger partial charge is 0.224 e. The van der Waals surface area contributed by atoms with E-state index < -0.39 is 0 Å². The molecule has 3 unspecified atom stereocenters. The maximum absolute atomic E-state index is 12.8. The minimum atomic E-state index is 0.182. The lowest BCUT2D eigenvalue weighted by molar-refractivity contribution is -0.117. The van der Waals surface area contributed by atoms with Crippen molar-refractivity contribution in [2.45, 2.75) is 118 Å². The molecule has 0 heterocycles. The number of carbonyl (C=O) groups excluding carboxylic acids is 1.